The second kappa shape index (κ2) is 8.38. The van der Waals surface area contributed by atoms with E-state index in [1.54, 1.807) is 13.8 Å². The monoisotopic (exact) mass is 411 g/mol. The number of fused-ring (bicyclic) bond motifs is 1. The molecule has 28 heavy (non-hydrogen) atoms. The number of rotatable bonds is 8. The molecule has 2 rings (SSSR count). The third-order valence-electron chi connectivity index (χ3n) is 4.10. The van der Waals surface area contributed by atoms with Gasteiger partial charge in [0.15, 0.2) is 0 Å². The Hall–Kier alpha value is -2.95. The number of nitrogens with zero attached hydrogens (tertiary/aromatic N) is 1. The first-order chi connectivity index (χ1) is 13.1. The minimum absolute atomic E-state index is 0.0119. The number of benzene rings is 1. The summed E-state index contributed by atoms with van der Waals surface area (Å²) in [4.78, 5) is 47.2. The van der Waals surface area contributed by atoms with Gasteiger partial charge in [-0.25, -0.2) is 12.7 Å². The highest BCUT2D eigenvalue weighted by Gasteiger charge is 2.42. The summed E-state index contributed by atoms with van der Waals surface area (Å²) >= 11 is 0. The molecule has 152 valence electrons. The van der Waals surface area contributed by atoms with Crippen LogP contribution < -0.4 is 10.6 Å². The molecule has 10 nitrogen and oxygen atoms in total. The van der Waals surface area contributed by atoms with E-state index in [2.05, 4.69) is 10.6 Å². The van der Waals surface area contributed by atoms with E-state index in [-0.39, 0.29) is 29.3 Å². The highest BCUT2D eigenvalue weighted by atomic mass is 32.2. The summed E-state index contributed by atoms with van der Waals surface area (Å²) in [5.41, 5.74) is -0.0119. The third kappa shape index (κ3) is 4.47. The van der Waals surface area contributed by atoms with Gasteiger partial charge in [-0.3, -0.25) is 19.2 Å². The number of nitrogens with one attached hydrogen (secondary N) is 2. The lowest BCUT2D eigenvalue weighted by molar-refractivity contribution is -0.137. The Morgan fingerprint density at radius 1 is 1.18 bits per heavy atom. The van der Waals surface area contributed by atoms with Gasteiger partial charge in [0.1, 0.15) is 17.5 Å². The third-order valence-corrected chi connectivity index (χ3v) is 5.89. The van der Waals surface area contributed by atoms with Gasteiger partial charge in [-0.15, -0.1) is 0 Å². The van der Waals surface area contributed by atoms with E-state index in [1.807, 2.05) is 0 Å². The van der Waals surface area contributed by atoms with Gasteiger partial charge in [0.2, 0.25) is 11.8 Å². The predicted octanol–water partition coefficient (Wildman–Crippen LogP) is -0.437. The lowest BCUT2D eigenvalue weighted by Gasteiger charge is -2.23. The van der Waals surface area contributed by atoms with Gasteiger partial charge in [-0.1, -0.05) is 26.0 Å². The molecule has 0 bridgehead atoms. The number of hydrogen-bond donors (Lipinski definition) is 3. The van der Waals surface area contributed by atoms with Gasteiger partial charge in [0.05, 0.1) is 12.0 Å². The molecular formula is C17H21N3O7S. The summed E-state index contributed by atoms with van der Waals surface area (Å²) in [6.45, 7) is 2.45. The Morgan fingerprint density at radius 2 is 1.82 bits per heavy atom. The van der Waals surface area contributed by atoms with Crippen molar-refractivity contribution in [1.29, 1.82) is 0 Å². The first kappa shape index (κ1) is 21.4. The number of carbonyl (C=O) groups excluding carboxylic acids is 3. The molecule has 1 atom stereocenters. The van der Waals surface area contributed by atoms with Crippen molar-refractivity contribution >= 4 is 33.7 Å². The minimum Gasteiger partial charge on any atom is -0.481 e. The molecule has 1 unspecified atom stereocenters. The van der Waals surface area contributed by atoms with Gasteiger partial charge in [0.25, 0.3) is 15.9 Å². The van der Waals surface area contributed by atoms with Gasteiger partial charge in [-0.05, 0) is 18.1 Å². The fraction of sp³-hybridized carbons (Fsp3) is 0.412. The molecule has 0 radical (unpaired) electrons. The van der Waals surface area contributed by atoms with E-state index >= 15 is 0 Å². The summed E-state index contributed by atoms with van der Waals surface area (Å²) in [5.74, 6) is -3.65. The Labute approximate surface area is 162 Å². The van der Waals surface area contributed by atoms with Crippen LogP contribution in [0.25, 0.3) is 0 Å². The molecular weight excluding hydrogens is 390 g/mol. The van der Waals surface area contributed by atoms with Gasteiger partial charge < -0.3 is 15.7 Å². The van der Waals surface area contributed by atoms with Crippen LogP contribution in [0.15, 0.2) is 29.2 Å². The van der Waals surface area contributed by atoms with E-state index in [0.717, 1.165) is 0 Å². The normalized spacial score (nSPS) is 15.8. The molecule has 11 heteroatoms. The van der Waals surface area contributed by atoms with E-state index < -0.39 is 46.3 Å². The van der Waals surface area contributed by atoms with Gasteiger partial charge >= 0.3 is 5.97 Å². The Balaban J connectivity index is 2.06. The molecule has 0 saturated carbocycles. The van der Waals surface area contributed by atoms with E-state index in [0.29, 0.717) is 4.31 Å². The van der Waals surface area contributed by atoms with Crippen LogP contribution in [0.1, 0.15) is 30.6 Å². The van der Waals surface area contributed by atoms with Crippen molar-refractivity contribution < 1.29 is 32.7 Å². The van der Waals surface area contributed by atoms with Crippen molar-refractivity contribution in [2.24, 2.45) is 5.92 Å². The van der Waals surface area contributed by atoms with Crippen molar-refractivity contribution in [2.45, 2.75) is 31.2 Å². The number of carboxylic acid groups (broad SMARTS) is 1. The first-order valence-electron chi connectivity index (χ1n) is 8.50. The Morgan fingerprint density at radius 3 is 2.39 bits per heavy atom. The van der Waals surface area contributed by atoms with Gasteiger partial charge in [-0.2, -0.15) is 0 Å². The summed E-state index contributed by atoms with van der Waals surface area (Å²) in [6.07, 6.45) is -0.275. The maximum Gasteiger partial charge on any atom is 0.305 e. The predicted molar refractivity (Wildman–Crippen MR) is 96.7 cm³/mol. The summed E-state index contributed by atoms with van der Waals surface area (Å²) in [6, 6.07) is 4.63. The van der Waals surface area contributed by atoms with Crippen LogP contribution in [0.5, 0.6) is 0 Å². The lowest BCUT2D eigenvalue weighted by atomic mass is 10.0. The molecule has 0 aliphatic carbocycles. The highest BCUT2D eigenvalue weighted by Crippen LogP contribution is 2.29. The van der Waals surface area contributed by atoms with Crippen LogP contribution in [-0.4, -0.2) is 60.7 Å². The summed E-state index contributed by atoms with van der Waals surface area (Å²) in [5, 5.41) is 13.4. The molecule has 0 fully saturated rings. The minimum atomic E-state index is -4.13. The van der Waals surface area contributed by atoms with Crippen LogP contribution >= 0.6 is 0 Å². The molecule has 1 aliphatic rings. The Bertz CT molecular complexity index is 911. The Kier molecular flexibility index (Phi) is 6.39. The molecule has 1 heterocycles. The van der Waals surface area contributed by atoms with Gasteiger partial charge in [0, 0.05) is 6.54 Å². The van der Waals surface area contributed by atoms with Crippen molar-refractivity contribution in [2.75, 3.05) is 13.1 Å². The number of amides is 3. The molecule has 1 aromatic rings. The van der Waals surface area contributed by atoms with Crippen LogP contribution in [0.4, 0.5) is 0 Å². The van der Waals surface area contributed by atoms with Crippen LogP contribution in [-0.2, 0) is 24.4 Å². The van der Waals surface area contributed by atoms with Crippen LogP contribution in [0, 0.1) is 5.92 Å². The quantitative estimate of drug-likeness (QED) is 0.525. The maximum atomic E-state index is 12.5. The number of aliphatic carboxylic acids is 1. The fourth-order valence-electron chi connectivity index (χ4n) is 2.67. The molecule has 1 aliphatic heterocycles. The smallest absolute Gasteiger partial charge is 0.305 e. The first-order valence-corrected chi connectivity index (χ1v) is 9.94. The molecule has 0 spiro atoms. The second-order valence-electron chi connectivity index (χ2n) is 6.54. The number of sulfonamides is 1. The van der Waals surface area contributed by atoms with Crippen LogP contribution in [0.2, 0.25) is 0 Å². The standard InChI is InChI=1S/C17H21N3O7S/c1-10(2)15(16(24)18-8-7-14(22)23)19-13(21)9-20-17(25)11-5-3-4-6-12(11)28(20,26)27/h3-6,10,15H,7-9H2,1-2H3,(H,18,24)(H,19,21)(H,22,23). The topological polar surface area (TPSA) is 150 Å². The summed E-state index contributed by atoms with van der Waals surface area (Å²) in [7, 11) is -4.13. The molecule has 0 saturated heterocycles. The summed E-state index contributed by atoms with van der Waals surface area (Å²) < 4.78 is 25.4. The zero-order valence-electron chi connectivity index (χ0n) is 15.3. The van der Waals surface area contributed by atoms with Crippen molar-refractivity contribution in [3.8, 4) is 0 Å². The van der Waals surface area contributed by atoms with Crippen molar-refractivity contribution in [1.82, 2.24) is 14.9 Å². The number of hydrogen-bond acceptors (Lipinski definition) is 6. The zero-order chi connectivity index (χ0) is 21.1. The lowest BCUT2D eigenvalue weighted by Crippen LogP contribution is -2.52. The molecule has 3 amide bonds. The zero-order valence-corrected chi connectivity index (χ0v) is 16.2. The SMILES string of the molecule is CC(C)C(NC(=O)CN1C(=O)c2ccccc2S1(=O)=O)C(=O)NCCC(=O)O. The highest BCUT2D eigenvalue weighted by molar-refractivity contribution is 7.90. The average Bonchev–Trinajstić information content (AvgIpc) is 2.80. The number of carboxylic acids is 1. The van der Waals surface area contributed by atoms with E-state index in [1.165, 1.54) is 24.3 Å². The fourth-order valence-corrected chi connectivity index (χ4v) is 4.20. The molecule has 1 aromatic carbocycles. The number of carbonyl (C=O) groups is 4. The average molecular weight is 411 g/mol. The van der Waals surface area contributed by atoms with Crippen LogP contribution in [0.3, 0.4) is 0 Å². The molecule has 3 N–H and O–H groups in total. The van der Waals surface area contributed by atoms with E-state index in [4.69, 9.17) is 5.11 Å². The van der Waals surface area contributed by atoms with E-state index in [9.17, 15) is 27.6 Å². The largest absolute Gasteiger partial charge is 0.481 e. The van der Waals surface area contributed by atoms with Crippen molar-refractivity contribution in [3.63, 3.8) is 0 Å². The van der Waals surface area contributed by atoms with Crippen molar-refractivity contribution in [3.05, 3.63) is 29.8 Å². The maximum absolute atomic E-state index is 12.5. The second-order valence-corrected chi connectivity index (χ2v) is 8.37. The molecule has 0 aromatic heterocycles.